The van der Waals surface area contributed by atoms with Crippen LogP contribution < -0.4 is 0 Å². The van der Waals surface area contributed by atoms with E-state index in [1.165, 1.54) is 16.7 Å². The van der Waals surface area contributed by atoms with Gasteiger partial charge in [-0.2, -0.15) is 0 Å². The molecule has 0 atom stereocenters. The van der Waals surface area contributed by atoms with E-state index >= 15 is 0 Å². The van der Waals surface area contributed by atoms with Crippen molar-refractivity contribution in [1.29, 1.82) is 0 Å². The molecule has 0 unspecified atom stereocenters. The summed E-state index contributed by atoms with van der Waals surface area (Å²) in [7, 11) is 9.53. The van der Waals surface area contributed by atoms with E-state index in [2.05, 4.69) is 140 Å². The van der Waals surface area contributed by atoms with Crippen LogP contribution >= 0.6 is 20.2 Å². The second-order valence-electron chi connectivity index (χ2n) is 14.4. The number of hydrogen-bond donors (Lipinski definition) is 0. The van der Waals surface area contributed by atoms with Crippen molar-refractivity contribution in [1.82, 2.24) is 4.98 Å². The number of halogens is 2. The minimum absolute atomic E-state index is 0.0913. The second kappa shape index (κ2) is 16.4. The molecule has 1 aliphatic rings. The van der Waals surface area contributed by atoms with Gasteiger partial charge in [-0.1, -0.05) is 126 Å². The van der Waals surface area contributed by atoms with Gasteiger partial charge in [-0.25, -0.2) is 4.98 Å². The molecule has 0 bridgehead atoms. The van der Waals surface area contributed by atoms with Crippen molar-refractivity contribution in [3.63, 3.8) is 0 Å². The van der Waals surface area contributed by atoms with E-state index < -0.39 is 0 Å². The molecular formula is C42H47Cl2FeN3. The van der Waals surface area contributed by atoms with Crippen LogP contribution in [0.25, 0.3) is 22.3 Å². The Balaban J connectivity index is 0.00000167. The first kappa shape index (κ1) is 37.5. The molecule has 0 aliphatic heterocycles. The molecule has 0 amide bonds. The molecule has 0 saturated carbocycles. The summed E-state index contributed by atoms with van der Waals surface area (Å²) in [6.07, 6.45) is 6.31. The Morgan fingerprint density at radius 2 is 1.06 bits per heavy atom. The van der Waals surface area contributed by atoms with Crippen molar-refractivity contribution >= 4 is 37.3 Å². The Labute approximate surface area is 303 Å². The molecule has 0 spiro atoms. The summed E-state index contributed by atoms with van der Waals surface area (Å²) in [5.74, 6) is 0. The van der Waals surface area contributed by atoms with Gasteiger partial charge in [-0.05, 0) is 84.9 Å². The van der Waals surface area contributed by atoms with Crippen LogP contribution in [0.5, 0.6) is 0 Å². The van der Waals surface area contributed by atoms with Gasteiger partial charge >= 0.3 is 33.3 Å². The van der Waals surface area contributed by atoms with Crippen LogP contribution in [0.15, 0.2) is 118 Å². The van der Waals surface area contributed by atoms with Gasteiger partial charge < -0.3 is 0 Å². The number of hydrogen-bond acceptors (Lipinski definition) is 3. The van der Waals surface area contributed by atoms with E-state index in [-0.39, 0.29) is 24.0 Å². The van der Waals surface area contributed by atoms with E-state index in [0.29, 0.717) is 0 Å². The predicted molar refractivity (Wildman–Crippen MR) is 206 cm³/mol. The van der Waals surface area contributed by atoms with Gasteiger partial charge in [0.1, 0.15) is 0 Å². The molecule has 1 aliphatic carbocycles. The summed E-state index contributed by atoms with van der Waals surface area (Å²) in [5, 5.41) is 0. The average molecular weight is 721 g/mol. The number of rotatable bonds is 6. The third-order valence-electron chi connectivity index (χ3n) is 8.58. The number of benzene rings is 3. The fraction of sp³-hybridized carbons (Fsp3) is 0.310. The summed E-state index contributed by atoms with van der Waals surface area (Å²) >= 11 is 0.194. The van der Waals surface area contributed by atoms with Crippen molar-refractivity contribution in [3.05, 3.63) is 131 Å². The molecule has 3 nitrogen and oxygen atoms in total. The molecule has 0 saturated heterocycles. The topological polar surface area (TPSA) is 37.6 Å². The van der Waals surface area contributed by atoms with Gasteiger partial charge in [-0.3, -0.25) is 9.98 Å². The summed E-state index contributed by atoms with van der Waals surface area (Å²) in [5.41, 5.74) is 14.3. The Hall–Kier alpha value is -3.27. The van der Waals surface area contributed by atoms with E-state index in [0.717, 1.165) is 69.3 Å². The molecule has 0 N–H and O–H groups in total. The van der Waals surface area contributed by atoms with Crippen LogP contribution in [0.3, 0.4) is 0 Å². The molecule has 3 aromatic carbocycles. The van der Waals surface area contributed by atoms with Crippen LogP contribution in [0.1, 0.15) is 97.7 Å². The van der Waals surface area contributed by atoms with Crippen LogP contribution in [0.2, 0.25) is 0 Å². The van der Waals surface area contributed by atoms with Gasteiger partial charge in [0.2, 0.25) is 0 Å². The van der Waals surface area contributed by atoms with Crippen molar-refractivity contribution in [2.75, 3.05) is 0 Å². The molecular weight excluding hydrogens is 673 g/mol. The summed E-state index contributed by atoms with van der Waals surface area (Å²) in [6, 6.07) is 30.5. The van der Waals surface area contributed by atoms with Crippen molar-refractivity contribution < 1.29 is 13.1 Å². The zero-order valence-electron chi connectivity index (χ0n) is 29.6. The molecule has 1 aromatic heterocycles. The Morgan fingerprint density at radius 1 is 0.625 bits per heavy atom. The van der Waals surface area contributed by atoms with Crippen molar-refractivity contribution in [2.45, 2.75) is 86.0 Å². The van der Waals surface area contributed by atoms with Crippen LogP contribution in [0, 0.1) is 0 Å². The normalized spacial score (nSPS) is 14.2. The van der Waals surface area contributed by atoms with Crippen LogP contribution in [-0.4, -0.2) is 16.4 Å². The number of nitrogens with zero attached hydrogens (tertiary/aromatic N) is 3. The summed E-state index contributed by atoms with van der Waals surface area (Å²) < 4.78 is 0. The Kier molecular flexibility index (Phi) is 12.8. The van der Waals surface area contributed by atoms with E-state index in [4.69, 9.17) is 35.2 Å². The zero-order chi connectivity index (χ0) is 35.1. The standard InChI is InChI=1S/C42H47N3.2ClH.Fe/c1-28-16-26-35(27-17-28)43-29(2)38-14-11-15-39(45-38)30(3)44-40-36(31-18-22-33(23-19-31)41(4,5)6)12-10-13-37(40)32-20-24-34(25-21-32)42(7,8)9;;;/h10-16,18-26H,17,27H2,1-9H3;2*1H;/q;;;+2/p-2. The van der Waals surface area contributed by atoms with Crippen LogP contribution in [-0.2, 0) is 24.0 Å². The molecule has 6 heteroatoms. The molecule has 5 rings (SSSR count). The SMILES string of the molecule is CC1=CC=C(N=C(C)c2cccc(C(C)=Nc3c(-c4ccc(C(C)(C)C)cc4)cccc3-c3ccc(C(C)(C)C)cc3)n2)CC1.[Cl][Fe][Cl]. The average Bonchev–Trinajstić information content (AvgIpc) is 3.05. The van der Waals surface area contributed by atoms with Crippen molar-refractivity contribution in [3.8, 4) is 22.3 Å². The number of allylic oxidation sites excluding steroid dienone is 4. The quantitative estimate of drug-likeness (QED) is 0.144. The maximum absolute atomic E-state index is 5.34. The van der Waals surface area contributed by atoms with E-state index in [9.17, 15) is 0 Å². The Morgan fingerprint density at radius 3 is 1.48 bits per heavy atom. The van der Waals surface area contributed by atoms with Crippen molar-refractivity contribution in [2.24, 2.45) is 9.98 Å². The number of aliphatic imine (C=N–C) groups is 2. The van der Waals surface area contributed by atoms with E-state index in [1.807, 2.05) is 19.1 Å². The predicted octanol–water partition coefficient (Wildman–Crippen LogP) is 13.0. The van der Waals surface area contributed by atoms with Gasteiger partial charge in [-0.15, -0.1) is 0 Å². The number of aromatic nitrogens is 1. The third-order valence-corrected chi connectivity index (χ3v) is 8.58. The van der Waals surface area contributed by atoms with Gasteiger partial charge in [0.15, 0.2) is 0 Å². The molecule has 1 heterocycles. The van der Waals surface area contributed by atoms with Gasteiger partial charge in [0.25, 0.3) is 0 Å². The van der Waals surface area contributed by atoms with Gasteiger partial charge in [0, 0.05) is 16.8 Å². The number of pyridine rings is 1. The maximum atomic E-state index is 5.34. The minimum atomic E-state index is 0.0913. The second-order valence-corrected chi connectivity index (χ2v) is 16.2. The monoisotopic (exact) mass is 719 g/mol. The molecule has 48 heavy (non-hydrogen) atoms. The van der Waals surface area contributed by atoms with Crippen LogP contribution in [0.4, 0.5) is 5.69 Å². The number of para-hydroxylation sites is 1. The molecule has 0 fully saturated rings. The first-order chi connectivity index (χ1) is 22.7. The summed E-state index contributed by atoms with van der Waals surface area (Å²) in [6.45, 7) is 19.8. The first-order valence-corrected chi connectivity index (χ1v) is 19.4. The third kappa shape index (κ3) is 9.89. The fourth-order valence-corrected chi connectivity index (χ4v) is 5.59. The summed E-state index contributed by atoms with van der Waals surface area (Å²) in [4.78, 5) is 15.3. The van der Waals surface area contributed by atoms with E-state index in [1.54, 1.807) is 0 Å². The Bertz CT molecular complexity index is 1760. The van der Waals surface area contributed by atoms with Gasteiger partial charge in [0.05, 0.1) is 28.5 Å². The zero-order valence-corrected chi connectivity index (χ0v) is 32.2. The fourth-order valence-electron chi connectivity index (χ4n) is 5.59. The molecule has 0 radical (unpaired) electrons. The molecule has 252 valence electrons. The first-order valence-electron chi connectivity index (χ1n) is 16.4. The molecule has 4 aromatic rings.